The lowest BCUT2D eigenvalue weighted by Crippen LogP contribution is -2.01. The van der Waals surface area contributed by atoms with Gasteiger partial charge in [-0.15, -0.1) is 10.2 Å². The van der Waals surface area contributed by atoms with Crippen molar-refractivity contribution in [2.45, 2.75) is 27.2 Å². The fraction of sp³-hybridized carbons (Fsp3) is 0.333. The second kappa shape index (κ2) is 4.26. The van der Waals surface area contributed by atoms with Crippen LogP contribution in [-0.4, -0.2) is 14.8 Å². The molecule has 0 spiro atoms. The first-order valence-corrected chi connectivity index (χ1v) is 5.68. The minimum atomic E-state index is 0.417. The highest BCUT2D eigenvalue weighted by molar-refractivity contribution is 6.28. The zero-order chi connectivity index (χ0) is 11.7. The van der Waals surface area contributed by atoms with Gasteiger partial charge in [-0.3, -0.25) is 4.57 Å². The van der Waals surface area contributed by atoms with E-state index in [1.54, 1.807) is 0 Å². The van der Waals surface area contributed by atoms with Crippen LogP contribution in [0.15, 0.2) is 18.2 Å². The molecule has 4 heteroatoms. The SMILES string of the molecule is CCc1nnc(Cl)n1-c1ccc(C)c(C)c1. The molecule has 1 heterocycles. The van der Waals surface area contributed by atoms with E-state index in [2.05, 4.69) is 36.2 Å². The molecule has 0 aliphatic rings. The molecule has 0 unspecified atom stereocenters. The van der Waals surface area contributed by atoms with Crippen molar-refractivity contribution in [3.05, 3.63) is 40.4 Å². The minimum absolute atomic E-state index is 0.417. The topological polar surface area (TPSA) is 30.7 Å². The molecule has 1 aromatic heterocycles. The summed E-state index contributed by atoms with van der Waals surface area (Å²) in [4.78, 5) is 0. The van der Waals surface area contributed by atoms with Crippen LogP contribution in [-0.2, 0) is 6.42 Å². The molecule has 0 fully saturated rings. The van der Waals surface area contributed by atoms with Gasteiger partial charge in [0.05, 0.1) is 5.69 Å². The summed E-state index contributed by atoms with van der Waals surface area (Å²) in [5.74, 6) is 0.883. The first kappa shape index (κ1) is 11.1. The van der Waals surface area contributed by atoms with Crippen molar-refractivity contribution in [3.8, 4) is 5.69 Å². The van der Waals surface area contributed by atoms with Crippen LogP contribution in [0, 0.1) is 13.8 Å². The predicted molar refractivity (Wildman–Crippen MR) is 65.2 cm³/mol. The van der Waals surface area contributed by atoms with Crippen molar-refractivity contribution in [3.63, 3.8) is 0 Å². The molecule has 2 rings (SSSR count). The molecule has 0 saturated carbocycles. The van der Waals surface area contributed by atoms with Crippen LogP contribution in [0.1, 0.15) is 23.9 Å². The van der Waals surface area contributed by atoms with Gasteiger partial charge in [-0.1, -0.05) is 13.0 Å². The maximum atomic E-state index is 6.04. The highest BCUT2D eigenvalue weighted by atomic mass is 35.5. The first-order valence-electron chi connectivity index (χ1n) is 5.31. The van der Waals surface area contributed by atoms with Crippen molar-refractivity contribution >= 4 is 11.6 Å². The lowest BCUT2D eigenvalue weighted by atomic mass is 10.1. The van der Waals surface area contributed by atoms with E-state index in [9.17, 15) is 0 Å². The van der Waals surface area contributed by atoms with Gasteiger partial charge in [-0.2, -0.15) is 0 Å². The largest absolute Gasteiger partial charge is 0.270 e. The Morgan fingerprint density at radius 2 is 1.94 bits per heavy atom. The maximum Gasteiger partial charge on any atom is 0.229 e. The third-order valence-corrected chi connectivity index (χ3v) is 3.00. The molecule has 0 bridgehead atoms. The van der Waals surface area contributed by atoms with Crippen molar-refractivity contribution in [2.75, 3.05) is 0 Å². The molecule has 0 atom stereocenters. The van der Waals surface area contributed by atoms with Crippen LogP contribution >= 0.6 is 11.6 Å². The molecular weight excluding hydrogens is 222 g/mol. The molecule has 0 aliphatic heterocycles. The Morgan fingerprint density at radius 1 is 1.19 bits per heavy atom. The standard InChI is InChI=1S/C12H14ClN3/c1-4-11-14-15-12(13)16(11)10-6-5-8(2)9(3)7-10/h5-7H,4H2,1-3H3. The monoisotopic (exact) mass is 235 g/mol. The summed E-state index contributed by atoms with van der Waals surface area (Å²) in [6.07, 6.45) is 0.812. The van der Waals surface area contributed by atoms with Crippen molar-refractivity contribution < 1.29 is 0 Å². The summed E-state index contributed by atoms with van der Waals surface area (Å²) in [5.41, 5.74) is 3.53. The van der Waals surface area contributed by atoms with E-state index in [4.69, 9.17) is 11.6 Å². The van der Waals surface area contributed by atoms with Gasteiger partial charge in [0.15, 0.2) is 0 Å². The zero-order valence-corrected chi connectivity index (χ0v) is 10.4. The van der Waals surface area contributed by atoms with Crippen LogP contribution in [0.5, 0.6) is 0 Å². The van der Waals surface area contributed by atoms with Gasteiger partial charge in [0, 0.05) is 6.42 Å². The lowest BCUT2D eigenvalue weighted by Gasteiger charge is -2.08. The molecule has 2 aromatic rings. The van der Waals surface area contributed by atoms with Crippen LogP contribution in [0.3, 0.4) is 0 Å². The van der Waals surface area contributed by atoms with Crippen molar-refractivity contribution in [1.82, 2.24) is 14.8 Å². The third-order valence-electron chi connectivity index (χ3n) is 2.76. The molecule has 0 saturated heterocycles. The molecule has 0 N–H and O–H groups in total. The number of rotatable bonds is 2. The Hall–Kier alpha value is -1.35. The highest BCUT2D eigenvalue weighted by Gasteiger charge is 2.10. The fourth-order valence-corrected chi connectivity index (χ4v) is 1.88. The molecule has 1 aromatic carbocycles. The number of benzene rings is 1. The molecule has 16 heavy (non-hydrogen) atoms. The first-order chi connectivity index (χ1) is 7.63. The van der Waals surface area contributed by atoms with Gasteiger partial charge in [0.25, 0.3) is 0 Å². The van der Waals surface area contributed by atoms with E-state index in [1.807, 2.05) is 17.6 Å². The van der Waals surface area contributed by atoms with Crippen molar-refractivity contribution in [1.29, 1.82) is 0 Å². The molecule has 3 nitrogen and oxygen atoms in total. The minimum Gasteiger partial charge on any atom is -0.270 e. The summed E-state index contributed by atoms with van der Waals surface area (Å²) in [6, 6.07) is 6.22. The van der Waals surface area contributed by atoms with E-state index in [1.165, 1.54) is 11.1 Å². The Labute approximate surface area is 100 Å². The average Bonchev–Trinajstić information content (AvgIpc) is 2.64. The quantitative estimate of drug-likeness (QED) is 0.801. The van der Waals surface area contributed by atoms with E-state index in [0.717, 1.165) is 17.9 Å². The second-order valence-corrected chi connectivity index (χ2v) is 4.18. The number of aryl methyl sites for hydroxylation is 3. The van der Waals surface area contributed by atoms with E-state index < -0.39 is 0 Å². The Morgan fingerprint density at radius 3 is 2.56 bits per heavy atom. The second-order valence-electron chi connectivity index (χ2n) is 3.84. The molecule has 0 aliphatic carbocycles. The van der Waals surface area contributed by atoms with Gasteiger partial charge in [0.1, 0.15) is 5.82 Å². The summed E-state index contributed by atoms with van der Waals surface area (Å²) in [6.45, 7) is 6.22. The summed E-state index contributed by atoms with van der Waals surface area (Å²) in [7, 11) is 0. The maximum absolute atomic E-state index is 6.04. The highest BCUT2D eigenvalue weighted by Crippen LogP contribution is 2.19. The van der Waals surface area contributed by atoms with Crippen LogP contribution < -0.4 is 0 Å². The number of hydrogen-bond donors (Lipinski definition) is 0. The number of halogens is 1. The number of hydrogen-bond acceptors (Lipinski definition) is 2. The fourth-order valence-electron chi connectivity index (χ4n) is 1.64. The summed E-state index contributed by atoms with van der Waals surface area (Å²) in [5, 5.41) is 8.35. The summed E-state index contributed by atoms with van der Waals surface area (Å²) >= 11 is 6.04. The number of aromatic nitrogens is 3. The Kier molecular flexibility index (Phi) is 2.97. The molecule has 0 amide bonds. The third kappa shape index (κ3) is 1.83. The normalized spacial score (nSPS) is 10.8. The Bertz CT molecular complexity index is 517. The van der Waals surface area contributed by atoms with E-state index >= 15 is 0 Å². The van der Waals surface area contributed by atoms with Gasteiger partial charge < -0.3 is 0 Å². The van der Waals surface area contributed by atoms with Crippen LogP contribution in [0.4, 0.5) is 0 Å². The number of nitrogens with zero attached hydrogens (tertiary/aromatic N) is 3. The van der Waals surface area contributed by atoms with Crippen LogP contribution in [0.25, 0.3) is 5.69 Å². The predicted octanol–water partition coefficient (Wildman–Crippen LogP) is 3.10. The van der Waals surface area contributed by atoms with Gasteiger partial charge >= 0.3 is 0 Å². The molecular formula is C12H14ClN3. The van der Waals surface area contributed by atoms with Crippen molar-refractivity contribution in [2.24, 2.45) is 0 Å². The van der Waals surface area contributed by atoms with E-state index in [-0.39, 0.29) is 0 Å². The molecule has 0 radical (unpaired) electrons. The average molecular weight is 236 g/mol. The van der Waals surface area contributed by atoms with Crippen LogP contribution in [0.2, 0.25) is 5.28 Å². The lowest BCUT2D eigenvalue weighted by molar-refractivity contribution is 0.882. The van der Waals surface area contributed by atoms with Gasteiger partial charge in [-0.05, 0) is 48.7 Å². The Balaban J connectivity index is 2.57. The molecule has 84 valence electrons. The van der Waals surface area contributed by atoms with Gasteiger partial charge in [-0.25, -0.2) is 0 Å². The smallest absolute Gasteiger partial charge is 0.229 e. The van der Waals surface area contributed by atoms with Gasteiger partial charge in [0.2, 0.25) is 5.28 Å². The van der Waals surface area contributed by atoms with E-state index in [0.29, 0.717) is 5.28 Å². The zero-order valence-electron chi connectivity index (χ0n) is 9.66. The summed E-state index contributed by atoms with van der Waals surface area (Å²) < 4.78 is 1.88.